The van der Waals surface area contributed by atoms with Crippen molar-refractivity contribution in [2.75, 3.05) is 11.3 Å². The molecule has 0 bridgehead atoms. The van der Waals surface area contributed by atoms with Crippen molar-refractivity contribution in [1.82, 2.24) is 5.32 Å². The van der Waals surface area contributed by atoms with E-state index in [0.29, 0.717) is 23.7 Å². The van der Waals surface area contributed by atoms with E-state index in [1.165, 1.54) is 31.2 Å². The minimum Gasteiger partial charge on any atom is -0.348 e. The van der Waals surface area contributed by atoms with E-state index in [-0.39, 0.29) is 34.8 Å². The number of benzene rings is 2. The molecular weight excluding hydrogens is 405 g/mol. The predicted octanol–water partition coefficient (Wildman–Crippen LogP) is 2.82. The lowest BCUT2D eigenvalue weighted by Gasteiger charge is -2.16. The third-order valence-electron chi connectivity index (χ3n) is 4.60. The number of nitrogens with one attached hydrogen (secondary N) is 2. The van der Waals surface area contributed by atoms with Gasteiger partial charge in [-0.2, -0.15) is 0 Å². The SMILES string of the molecule is Cc1cc(S(=O)(=O)Nc2ccc(C(=O)NC(CN)C3CC3)cc2)ccc1F.Cl. The lowest BCUT2D eigenvalue weighted by Crippen LogP contribution is -2.41. The van der Waals surface area contributed by atoms with Crippen LogP contribution in [0.4, 0.5) is 10.1 Å². The maximum atomic E-state index is 13.3. The predicted molar refractivity (Wildman–Crippen MR) is 109 cm³/mol. The summed E-state index contributed by atoms with van der Waals surface area (Å²) in [4.78, 5) is 12.3. The zero-order valence-corrected chi connectivity index (χ0v) is 16.9. The van der Waals surface area contributed by atoms with E-state index in [9.17, 15) is 17.6 Å². The third kappa shape index (κ3) is 5.21. The lowest BCUT2D eigenvalue weighted by molar-refractivity contribution is 0.0933. The second-order valence-electron chi connectivity index (χ2n) is 6.75. The highest BCUT2D eigenvalue weighted by atomic mass is 35.5. The monoisotopic (exact) mass is 427 g/mol. The Morgan fingerprint density at radius 1 is 1.21 bits per heavy atom. The van der Waals surface area contributed by atoms with Gasteiger partial charge in [0, 0.05) is 23.8 Å². The first kappa shape index (κ1) is 22.1. The van der Waals surface area contributed by atoms with Gasteiger partial charge in [-0.15, -0.1) is 12.4 Å². The molecule has 2 aromatic carbocycles. The van der Waals surface area contributed by atoms with Gasteiger partial charge in [0.1, 0.15) is 5.82 Å². The Morgan fingerprint density at radius 2 is 1.86 bits per heavy atom. The van der Waals surface area contributed by atoms with Crippen LogP contribution < -0.4 is 15.8 Å². The highest BCUT2D eigenvalue weighted by molar-refractivity contribution is 7.92. The molecule has 1 aliphatic carbocycles. The van der Waals surface area contributed by atoms with Crippen LogP contribution in [0.25, 0.3) is 0 Å². The molecule has 28 heavy (non-hydrogen) atoms. The van der Waals surface area contributed by atoms with Gasteiger partial charge in [-0.25, -0.2) is 12.8 Å². The second-order valence-corrected chi connectivity index (χ2v) is 8.43. The number of carbonyl (C=O) groups excluding carboxylic acids is 1. The van der Waals surface area contributed by atoms with Crippen LogP contribution in [0, 0.1) is 18.7 Å². The number of amides is 1. The van der Waals surface area contributed by atoms with Crippen LogP contribution in [-0.4, -0.2) is 26.9 Å². The molecule has 152 valence electrons. The molecule has 0 aromatic heterocycles. The number of hydrogen-bond acceptors (Lipinski definition) is 4. The average Bonchev–Trinajstić information content (AvgIpc) is 3.47. The van der Waals surface area contributed by atoms with Gasteiger partial charge in [0.15, 0.2) is 0 Å². The molecule has 1 atom stereocenters. The van der Waals surface area contributed by atoms with E-state index in [2.05, 4.69) is 10.0 Å². The van der Waals surface area contributed by atoms with Crippen LogP contribution in [0.1, 0.15) is 28.8 Å². The van der Waals surface area contributed by atoms with E-state index < -0.39 is 15.8 Å². The van der Waals surface area contributed by atoms with Gasteiger partial charge in [-0.05, 0) is 73.7 Å². The van der Waals surface area contributed by atoms with E-state index in [4.69, 9.17) is 5.73 Å². The summed E-state index contributed by atoms with van der Waals surface area (Å²) in [7, 11) is -3.85. The summed E-state index contributed by atoms with van der Waals surface area (Å²) in [6, 6.07) is 9.67. The molecule has 6 nitrogen and oxygen atoms in total. The van der Waals surface area contributed by atoms with Crippen LogP contribution in [0.5, 0.6) is 0 Å². The van der Waals surface area contributed by atoms with Crippen molar-refractivity contribution < 1.29 is 17.6 Å². The van der Waals surface area contributed by atoms with Crippen LogP contribution in [0.15, 0.2) is 47.4 Å². The topological polar surface area (TPSA) is 101 Å². The normalized spacial score (nSPS) is 14.7. The molecule has 0 heterocycles. The molecule has 0 radical (unpaired) electrons. The molecule has 1 unspecified atom stereocenters. The van der Waals surface area contributed by atoms with Gasteiger partial charge in [-0.1, -0.05) is 0 Å². The van der Waals surface area contributed by atoms with E-state index in [0.717, 1.165) is 18.9 Å². The Hall–Kier alpha value is -2.16. The second kappa shape index (κ2) is 8.89. The van der Waals surface area contributed by atoms with Crippen LogP contribution >= 0.6 is 12.4 Å². The number of carbonyl (C=O) groups is 1. The molecule has 0 spiro atoms. The quantitative estimate of drug-likeness (QED) is 0.632. The average molecular weight is 428 g/mol. The molecule has 4 N–H and O–H groups in total. The maximum absolute atomic E-state index is 13.3. The fourth-order valence-corrected chi connectivity index (χ4v) is 3.95. The van der Waals surface area contributed by atoms with Crippen LogP contribution in [0.3, 0.4) is 0 Å². The smallest absolute Gasteiger partial charge is 0.261 e. The Kier molecular flexibility index (Phi) is 7.03. The molecule has 2 aromatic rings. The molecule has 3 rings (SSSR count). The number of aryl methyl sites for hydroxylation is 1. The van der Waals surface area contributed by atoms with E-state index in [1.807, 2.05) is 0 Å². The first-order valence-corrected chi connectivity index (χ1v) is 10.2. The summed E-state index contributed by atoms with van der Waals surface area (Å²) in [5.41, 5.74) is 6.68. The van der Waals surface area contributed by atoms with Crippen molar-refractivity contribution in [3.63, 3.8) is 0 Å². The Morgan fingerprint density at radius 3 is 2.39 bits per heavy atom. The standard InChI is InChI=1S/C19H22FN3O3S.ClH/c1-12-10-16(8-9-17(12)20)27(25,26)23-15-6-4-14(5-7-15)19(24)22-18(11-21)13-2-3-13;/h4-10,13,18,23H,2-3,11,21H2,1H3,(H,22,24);1H. The zero-order valence-electron chi connectivity index (χ0n) is 15.3. The number of sulfonamides is 1. The first-order chi connectivity index (χ1) is 12.8. The van der Waals surface area contributed by atoms with Crippen molar-refractivity contribution in [2.24, 2.45) is 11.7 Å². The summed E-state index contributed by atoms with van der Waals surface area (Å²) in [5.74, 6) is -0.253. The van der Waals surface area contributed by atoms with Crippen molar-refractivity contribution in [3.05, 3.63) is 59.4 Å². The van der Waals surface area contributed by atoms with Crippen molar-refractivity contribution in [2.45, 2.75) is 30.7 Å². The number of nitrogens with two attached hydrogens (primary N) is 1. The van der Waals surface area contributed by atoms with Crippen molar-refractivity contribution in [1.29, 1.82) is 0 Å². The fourth-order valence-electron chi connectivity index (χ4n) is 2.81. The van der Waals surface area contributed by atoms with E-state index in [1.54, 1.807) is 12.1 Å². The molecule has 1 fully saturated rings. The minimum atomic E-state index is -3.85. The number of halogens is 2. The summed E-state index contributed by atoms with van der Waals surface area (Å²) in [6.07, 6.45) is 2.15. The summed E-state index contributed by atoms with van der Waals surface area (Å²) in [5, 5.41) is 2.91. The Labute approximate surface area is 170 Å². The molecule has 1 saturated carbocycles. The van der Waals surface area contributed by atoms with Gasteiger partial charge < -0.3 is 11.1 Å². The highest BCUT2D eigenvalue weighted by Crippen LogP contribution is 2.32. The first-order valence-electron chi connectivity index (χ1n) is 8.70. The van der Waals surface area contributed by atoms with Crippen LogP contribution in [0.2, 0.25) is 0 Å². The van der Waals surface area contributed by atoms with Crippen molar-refractivity contribution in [3.8, 4) is 0 Å². The van der Waals surface area contributed by atoms with Gasteiger partial charge in [0.2, 0.25) is 0 Å². The largest absolute Gasteiger partial charge is 0.348 e. The summed E-state index contributed by atoms with van der Waals surface area (Å²) < 4.78 is 40.6. The van der Waals surface area contributed by atoms with Gasteiger partial charge >= 0.3 is 0 Å². The van der Waals surface area contributed by atoms with Gasteiger partial charge in [0.05, 0.1) is 4.90 Å². The maximum Gasteiger partial charge on any atom is 0.261 e. The van der Waals surface area contributed by atoms with E-state index >= 15 is 0 Å². The summed E-state index contributed by atoms with van der Waals surface area (Å²) >= 11 is 0. The Balaban J connectivity index is 0.00000280. The van der Waals surface area contributed by atoms with Gasteiger partial charge in [-0.3, -0.25) is 9.52 Å². The molecular formula is C19H23ClFN3O3S. The molecule has 9 heteroatoms. The lowest BCUT2D eigenvalue weighted by atomic mass is 10.1. The Bertz CT molecular complexity index is 947. The number of hydrogen-bond donors (Lipinski definition) is 3. The number of rotatable bonds is 7. The molecule has 0 saturated heterocycles. The van der Waals surface area contributed by atoms with Crippen LogP contribution in [-0.2, 0) is 10.0 Å². The molecule has 0 aliphatic heterocycles. The zero-order chi connectivity index (χ0) is 19.6. The highest BCUT2D eigenvalue weighted by Gasteiger charge is 2.31. The minimum absolute atomic E-state index is 0. The van der Waals surface area contributed by atoms with Gasteiger partial charge in [0.25, 0.3) is 15.9 Å². The fraction of sp³-hybridized carbons (Fsp3) is 0.316. The molecule has 1 amide bonds. The third-order valence-corrected chi connectivity index (χ3v) is 5.98. The molecule has 1 aliphatic rings. The number of anilines is 1. The van der Waals surface area contributed by atoms with Crippen molar-refractivity contribution >= 4 is 34.0 Å². The summed E-state index contributed by atoms with van der Waals surface area (Å²) in [6.45, 7) is 1.89.